The Morgan fingerprint density at radius 3 is 2.50 bits per heavy atom. The van der Waals surface area contributed by atoms with Crippen LogP contribution in [0.25, 0.3) is 17.3 Å². The fourth-order valence-corrected chi connectivity index (χ4v) is 2.50. The van der Waals surface area contributed by atoms with Gasteiger partial charge < -0.3 is 9.90 Å². The van der Waals surface area contributed by atoms with Crippen LogP contribution in [-0.4, -0.2) is 15.7 Å². The van der Waals surface area contributed by atoms with Crippen LogP contribution in [0.15, 0.2) is 66.9 Å². The SMILES string of the molecule is Cc1ccc(Cn2cc(/C=C/C(=O)[O-])c(-c3ccccc3)n2)cc1. The van der Waals surface area contributed by atoms with Crippen LogP contribution < -0.4 is 5.11 Å². The van der Waals surface area contributed by atoms with E-state index >= 15 is 0 Å². The minimum atomic E-state index is -1.22. The summed E-state index contributed by atoms with van der Waals surface area (Å²) in [6.45, 7) is 2.67. The summed E-state index contributed by atoms with van der Waals surface area (Å²) in [5, 5.41) is 15.4. The number of aliphatic carboxylic acids is 1. The van der Waals surface area contributed by atoms with Crippen molar-refractivity contribution in [3.63, 3.8) is 0 Å². The molecule has 0 unspecified atom stereocenters. The molecule has 4 heteroatoms. The second-order valence-corrected chi connectivity index (χ2v) is 5.63. The van der Waals surface area contributed by atoms with Crippen LogP contribution in [0.5, 0.6) is 0 Å². The Hall–Kier alpha value is -3.14. The van der Waals surface area contributed by atoms with Gasteiger partial charge in [-0.3, -0.25) is 4.68 Å². The molecule has 0 amide bonds. The lowest BCUT2D eigenvalue weighted by molar-refractivity contribution is -0.297. The van der Waals surface area contributed by atoms with Crippen LogP contribution in [0.4, 0.5) is 0 Å². The zero-order valence-corrected chi connectivity index (χ0v) is 13.3. The third-order valence-corrected chi connectivity index (χ3v) is 3.70. The monoisotopic (exact) mass is 317 g/mol. The third-order valence-electron chi connectivity index (χ3n) is 3.70. The van der Waals surface area contributed by atoms with Crippen molar-refractivity contribution in [3.8, 4) is 11.3 Å². The fraction of sp³-hybridized carbons (Fsp3) is 0.100. The number of hydrogen-bond acceptors (Lipinski definition) is 3. The molecule has 0 aliphatic heterocycles. The smallest absolute Gasteiger partial charge is 0.0995 e. The summed E-state index contributed by atoms with van der Waals surface area (Å²) in [5.41, 5.74) is 4.79. The van der Waals surface area contributed by atoms with Gasteiger partial charge in [-0.1, -0.05) is 60.2 Å². The zero-order chi connectivity index (χ0) is 16.9. The molecule has 0 fully saturated rings. The molecular weight excluding hydrogens is 300 g/mol. The number of aromatic nitrogens is 2. The number of carboxylic acids is 1. The summed E-state index contributed by atoms with van der Waals surface area (Å²) < 4.78 is 1.82. The highest BCUT2D eigenvalue weighted by atomic mass is 16.4. The molecule has 0 saturated carbocycles. The molecule has 0 radical (unpaired) electrons. The summed E-state index contributed by atoms with van der Waals surface area (Å²) in [5.74, 6) is -1.22. The van der Waals surface area contributed by atoms with E-state index < -0.39 is 5.97 Å². The normalized spacial score (nSPS) is 11.0. The number of carboxylic acid groups (broad SMARTS) is 1. The second-order valence-electron chi connectivity index (χ2n) is 5.63. The molecule has 3 rings (SSSR count). The van der Waals surface area contributed by atoms with E-state index in [0.717, 1.165) is 28.5 Å². The summed E-state index contributed by atoms with van der Waals surface area (Å²) in [4.78, 5) is 10.7. The number of benzene rings is 2. The molecule has 2 aromatic carbocycles. The molecule has 0 spiro atoms. The highest BCUT2D eigenvalue weighted by Gasteiger charge is 2.09. The summed E-state index contributed by atoms with van der Waals surface area (Å²) in [6, 6.07) is 18.0. The van der Waals surface area contributed by atoms with E-state index in [1.54, 1.807) is 0 Å². The van der Waals surface area contributed by atoms with Crippen molar-refractivity contribution in [2.24, 2.45) is 0 Å². The minimum absolute atomic E-state index is 0.624. The zero-order valence-electron chi connectivity index (χ0n) is 13.3. The van der Waals surface area contributed by atoms with Crippen molar-refractivity contribution in [1.29, 1.82) is 0 Å². The highest BCUT2D eigenvalue weighted by Crippen LogP contribution is 2.23. The van der Waals surface area contributed by atoms with Gasteiger partial charge in [-0.25, -0.2) is 0 Å². The topological polar surface area (TPSA) is 58.0 Å². The van der Waals surface area contributed by atoms with E-state index in [2.05, 4.69) is 29.4 Å². The van der Waals surface area contributed by atoms with Gasteiger partial charge >= 0.3 is 0 Å². The van der Waals surface area contributed by atoms with Gasteiger partial charge in [-0.15, -0.1) is 0 Å². The molecule has 1 heterocycles. The highest BCUT2D eigenvalue weighted by molar-refractivity contribution is 5.85. The van der Waals surface area contributed by atoms with E-state index in [0.29, 0.717) is 6.54 Å². The number of aryl methyl sites for hydroxylation is 1. The second kappa shape index (κ2) is 6.96. The van der Waals surface area contributed by atoms with E-state index in [9.17, 15) is 9.90 Å². The van der Waals surface area contributed by atoms with Crippen molar-refractivity contribution < 1.29 is 9.90 Å². The Labute approximate surface area is 140 Å². The summed E-state index contributed by atoms with van der Waals surface area (Å²) in [6.07, 6.45) is 4.40. The fourth-order valence-electron chi connectivity index (χ4n) is 2.50. The molecule has 4 nitrogen and oxygen atoms in total. The molecule has 3 aromatic rings. The van der Waals surface area contributed by atoms with E-state index in [-0.39, 0.29) is 0 Å². The first-order chi connectivity index (χ1) is 11.6. The molecule has 0 atom stereocenters. The number of carbonyl (C=O) groups excluding carboxylic acids is 1. The number of hydrogen-bond donors (Lipinski definition) is 0. The van der Waals surface area contributed by atoms with Crippen molar-refractivity contribution in [2.45, 2.75) is 13.5 Å². The van der Waals surface area contributed by atoms with Crippen molar-refractivity contribution in [3.05, 3.63) is 83.6 Å². The van der Waals surface area contributed by atoms with Gasteiger partial charge in [0.05, 0.1) is 18.2 Å². The third kappa shape index (κ3) is 3.79. The first kappa shape index (κ1) is 15.7. The van der Waals surface area contributed by atoms with E-state index in [4.69, 9.17) is 0 Å². The van der Waals surface area contributed by atoms with Gasteiger partial charge in [-0.2, -0.15) is 5.10 Å². The molecule has 0 aliphatic rings. The largest absolute Gasteiger partial charge is 0.545 e. The first-order valence-corrected chi connectivity index (χ1v) is 7.69. The summed E-state index contributed by atoms with van der Waals surface area (Å²) in [7, 11) is 0. The van der Waals surface area contributed by atoms with Crippen molar-refractivity contribution in [1.82, 2.24) is 9.78 Å². The van der Waals surface area contributed by atoms with Crippen LogP contribution in [0.1, 0.15) is 16.7 Å². The van der Waals surface area contributed by atoms with Crippen LogP contribution in [0, 0.1) is 6.92 Å². The van der Waals surface area contributed by atoms with E-state index in [1.807, 2.05) is 48.1 Å². The van der Waals surface area contributed by atoms with Crippen molar-refractivity contribution in [2.75, 3.05) is 0 Å². The minimum Gasteiger partial charge on any atom is -0.545 e. The Kier molecular flexibility index (Phi) is 4.57. The maximum atomic E-state index is 10.7. The van der Waals surface area contributed by atoms with Gasteiger partial charge in [0.25, 0.3) is 0 Å². The van der Waals surface area contributed by atoms with Gasteiger partial charge in [0.1, 0.15) is 0 Å². The molecule has 0 aliphatic carbocycles. The average molecular weight is 317 g/mol. The molecule has 0 bridgehead atoms. The molecule has 1 aromatic heterocycles. The molecule has 120 valence electrons. The van der Waals surface area contributed by atoms with E-state index in [1.165, 1.54) is 11.6 Å². The maximum absolute atomic E-state index is 10.7. The lowest BCUT2D eigenvalue weighted by atomic mass is 10.1. The number of rotatable bonds is 5. The Morgan fingerprint density at radius 2 is 1.83 bits per heavy atom. The Morgan fingerprint density at radius 1 is 1.12 bits per heavy atom. The molecule has 24 heavy (non-hydrogen) atoms. The van der Waals surface area contributed by atoms with Crippen LogP contribution in [-0.2, 0) is 11.3 Å². The van der Waals surface area contributed by atoms with Crippen molar-refractivity contribution >= 4 is 12.0 Å². The van der Waals surface area contributed by atoms with Crippen LogP contribution >= 0.6 is 0 Å². The molecular formula is C20H17N2O2-. The number of nitrogens with zero attached hydrogens (tertiary/aromatic N) is 2. The van der Waals surface area contributed by atoms with Gasteiger partial charge in [0, 0.05) is 17.3 Å². The Bertz CT molecular complexity index is 862. The maximum Gasteiger partial charge on any atom is 0.0995 e. The van der Waals surface area contributed by atoms with Crippen LogP contribution in [0.2, 0.25) is 0 Å². The van der Waals surface area contributed by atoms with Gasteiger partial charge in [0.2, 0.25) is 0 Å². The average Bonchev–Trinajstić information content (AvgIpc) is 2.99. The molecule has 0 N–H and O–H groups in total. The first-order valence-electron chi connectivity index (χ1n) is 7.69. The number of carbonyl (C=O) groups is 1. The molecule has 0 saturated heterocycles. The van der Waals surface area contributed by atoms with Gasteiger partial charge in [0.15, 0.2) is 0 Å². The quantitative estimate of drug-likeness (QED) is 0.680. The lowest BCUT2D eigenvalue weighted by Crippen LogP contribution is -2.18. The van der Waals surface area contributed by atoms with Gasteiger partial charge in [-0.05, 0) is 24.6 Å². The van der Waals surface area contributed by atoms with Crippen LogP contribution in [0.3, 0.4) is 0 Å². The predicted octanol–water partition coefficient (Wildman–Crippen LogP) is 2.67. The lowest BCUT2D eigenvalue weighted by Gasteiger charge is -2.02. The standard InChI is InChI=1S/C20H18N2O2/c1-15-7-9-16(10-8-15)13-22-14-18(11-12-19(23)24)20(21-22)17-5-3-2-4-6-17/h2-12,14H,13H2,1H3,(H,23,24)/p-1/b12-11+. The Balaban J connectivity index is 1.96. The summed E-state index contributed by atoms with van der Waals surface area (Å²) >= 11 is 0. The predicted molar refractivity (Wildman–Crippen MR) is 92.0 cm³/mol.